The predicted molar refractivity (Wildman–Crippen MR) is 134 cm³/mol. The third kappa shape index (κ3) is 4.96. The van der Waals surface area contributed by atoms with Crippen molar-refractivity contribution in [2.24, 2.45) is 0 Å². The van der Waals surface area contributed by atoms with Gasteiger partial charge in [0.15, 0.2) is 5.76 Å². The van der Waals surface area contributed by atoms with Crippen LogP contribution in [0.3, 0.4) is 0 Å². The number of hydrogen-bond donors (Lipinski definition) is 1. The molecule has 4 aromatic rings. The molecule has 0 aliphatic heterocycles. The predicted octanol–water partition coefficient (Wildman–Crippen LogP) is 6.92. The van der Waals surface area contributed by atoms with Crippen LogP contribution in [-0.4, -0.2) is 11.7 Å². The average molecular weight is 438 g/mol. The maximum Gasteiger partial charge on any atom is 0.248 e. The molecule has 166 valence electrons. The van der Waals surface area contributed by atoms with Gasteiger partial charge in [-0.25, -0.2) is 0 Å². The van der Waals surface area contributed by atoms with E-state index in [2.05, 4.69) is 38.2 Å². The summed E-state index contributed by atoms with van der Waals surface area (Å²) in [7, 11) is 0. The van der Waals surface area contributed by atoms with Crippen molar-refractivity contribution in [3.8, 4) is 0 Å². The summed E-state index contributed by atoms with van der Waals surface area (Å²) in [6.45, 7) is 8.45. The molecule has 3 aromatic carbocycles. The molecule has 0 fully saturated rings. The summed E-state index contributed by atoms with van der Waals surface area (Å²) in [5.41, 5.74) is 4.72. The Morgan fingerprint density at radius 2 is 1.55 bits per heavy atom. The SMILES string of the molecule is Cc1ccc(C(=O)c2oc3ccccc3c2NC(=O)/C=C/c2ccc(C(C)(C)C)cc2)cc1. The second-order valence-electron chi connectivity index (χ2n) is 9.19. The molecule has 1 amide bonds. The van der Waals surface area contributed by atoms with E-state index in [1.165, 1.54) is 11.6 Å². The third-order valence-electron chi connectivity index (χ3n) is 5.57. The molecule has 1 aromatic heterocycles. The zero-order valence-corrected chi connectivity index (χ0v) is 19.3. The number of hydrogen-bond acceptors (Lipinski definition) is 3. The minimum Gasteiger partial charge on any atom is -0.450 e. The molecule has 0 spiro atoms. The fourth-order valence-corrected chi connectivity index (χ4v) is 3.60. The van der Waals surface area contributed by atoms with Crippen molar-refractivity contribution in [2.75, 3.05) is 5.32 Å². The van der Waals surface area contributed by atoms with Crippen LogP contribution in [-0.2, 0) is 10.2 Å². The lowest BCUT2D eigenvalue weighted by atomic mass is 9.87. The molecular weight excluding hydrogens is 410 g/mol. The van der Waals surface area contributed by atoms with Gasteiger partial charge in [0.1, 0.15) is 5.58 Å². The summed E-state index contributed by atoms with van der Waals surface area (Å²) in [5.74, 6) is -0.487. The first-order valence-corrected chi connectivity index (χ1v) is 10.9. The van der Waals surface area contributed by atoms with E-state index >= 15 is 0 Å². The number of fused-ring (bicyclic) bond motifs is 1. The Labute approximate surface area is 193 Å². The Balaban J connectivity index is 1.60. The van der Waals surface area contributed by atoms with Gasteiger partial charge in [-0.3, -0.25) is 9.59 Å². The van der Waals surface area contributed by atoms with Gasteiger partial charge in [-0.1, -0.05) is 87.0 Å². The second-order valence-corrected chi connectivity index (χ2v) is 9.19. The highest BCUT2D eigenvalue weighted by atomic mass is 16.3. The smallest absolute Gasteiger partial charge is 0.248 e. The molecule has 4 nitrogen and oxygen atoms in total. The molecular formula is C29H27NO3. The van der Waals surface area contributed by atoms with Crippen molar-refractivity contribution >= 4 is 34.4 Å². The standard InChI is InChI=1S/C29H27NO3/c1-19-9-14-21(15-10-19)27(32)28-26(23-7-5-6-8-24(23)33-28)30-25(31)18-13-20-11-16-22(17-12-20)29(2,3)4/h5-18H,1-4H3,(H,30,31)/b18-13+. The van der Waals surface area contributed by atoms with E-state index in [0.717, 1.165) is 11.1 Å². The number of benzene rings is 3. The van der Waals surface area contributed by atoms with Crippen LogP contribution in [0.1, 0.15) is 53.6 Å². The number of carbonyl (C=O) groups excluding carboxylic acids is 2. The number of aryl methyl sites for hydroxylation is 1. The first kappa shape index (κ1) is 22.3. The summed E-state index contributed by atoms with van der Waals surface area (Å²) in [6, 6.07) is 22.7. The van der Waals surface area contributed by atoms with E-state index in [1.807, 2.05) is 49.4 Å². The van der Waals surface area contributed by atoms with Crippen LogP contribution in [0.2, 0.25) is 0 Å². The van der Waals surface area contributed by atoms with Crippen LogP contribution >= 0.6 is 0 Å². The number of furan rings is 1. The normalized spacial score (nSPS) is 11.8. The Kier molecular flexibility index (Phi) is 6.01. The van der Waals surface area contributed by atoms with Gasteiger partial charge in [0.05, 0.1) is 5.69 Å². The molecule has 0 aliphatic rings. The van der Waals surface area contributed by atoms with Crippen LogP contribution in [0.4, 0.5) is 5.69 Å². The molecule has 1 N–H and O–H groups in total. The van der Waals surface area contributed by atoms with E-state index in [4.69, 9.17) is 4.42 Å². The maximum absolute atomic E-state index is 13.2. The lowest BCUT2D eigenvalue weighted by Crippen LogP contribution is -2.11. The Morgan fingerprint density at radius 1 is 0.879 bits per heavy atom. The number of nitrogens with one attached hydrogen (secondary N) is 1. The van der Waals surface area contributed by atoms with Gasteiger partial charge in [0.2, 0.25) is 11.7 Å². The van der Waals surface area contributed by atoms with E-state index < -0.39 is 0 Å². The molecule has 0 saturated carbocycles. The molecule has 0 atom stereocenters. The number of carbonyl (C=O) groups is 2. The lowest BCUT2D eigenvalue weighted by Gasteiger charge is -2.18. The van der Waals surface area contributed by atoms with Gasteiger partial charge in [-0.05, 0) is 41.7 Å². The van der Waals surface area contributed by atoms with Crippen molar-refractivity contribution < 1.29 is 14.0 Å². The number of rotatable bonds is 5. The van der Waals surface area contributed by atoms with Crippen molar-refractivity contribution in [3.63, 3.8) is 0 Å². The van der Waals surface area contributed by atoms with Crippen molar-refractivity contribution in [2.45, 2.75) is 33.1 Å². The molecule has 0 radical (unpaired) electrons. The van der Waals surface area contributed by atoms with E-state index in [9.17, 15) is 9.59 Å². The first-order chi connectivity index (χ1) is 15.7. The topological polar surface area (TPSA) is 59.3 Å². The largest absolute Gasteiger partial charge is 0.450 e. The van der Waals surface area contributed by atoms with Crippen LogP contribution in [0.25, 0.3) is 17.0 Å². The quantitative estimate of drug-likeness (QED) is 0.272. The second kappa shape index (κ2) is 8.91. The summed E-state index contributed by atoms with van der Waals surface area (Å²) in [5, 5.41) is 3.55. The number of ketones is 1. The monoisotopic (exact) mass is 437 g/mol. The van der Waals surface area contributed by atoms with E-state index in [1.54, 1.807) is 24.3 Å². The van der Waals surface area contributed by atoms with Gasteiger partial charge in [-0.15, -0.1) is 0 Å². The van der Waals surface area contributed by atoms with Gasteiger partial charge in [0, 0.05) is 17.0 Å². The Morgan fingerprint density at radius 3 is 2.21 bits per heavy atom. The molecule has 4 rings (SSSR count). The highest BCUT2D eigenvalue weighted by Gasteiger charge is 2.23. The molecule has 4 heteroatoms. The lowest BCUT2D eigenvalue weighted by molar-refractivity contribution is -0.111. The minimum absolute atomic E-state index is 0.0718. The van der Waals surface area contributed by atoms with Gasteiger partial charge in [-0.2, -0.15) is 0 Å². The fourth-order valence-electron chi connectivity index (χ4n) is 3.60. The number of amides is 1. The summed E-state index contributed by atoms with van der Waals surface area (Å²) in [4.78, 5) is 25.9. The fraction of sp³-hybridized carbons (Fsp3) is 0.172. The third-order valence-corrected chi connectivity index (χ3v) is 5.57. The van der Waals surface area contributed by atoms with Gasteiger partial charge in [0.25, 0.3) is 0 Å². The first-order valence-electron chi connectivity index (χ1n) is 10.9. The number of anilines is 1. The molecule has 0 saturated heterocycles. The molecule has 33 heavy (non-hydrogen) atoms. The molecule has 1 heterocycles. The highest BCUT2D eigenvalue weighted by molar-refractivity contribution is 6.18. The molecule has 0 unspecified atom stereocenters. The van der Waals surface area contributed by atoms with Crippen LogP contribution in [0, 0.1) is 6.92 Å². The maximum atomic E-state index is 13.2. The van der Waals surface area contributed by atoms with Crippen LogP contribution in [0.5, 0.6) is 0 Å². The Hall–Kier alpha value is -3.92. The average Bonchev–Trinajstić information content (AvgIpc) is 3.16. The van der Waals surface area contributed by atoms with E-state index in [-0.39, 0.29) is 22.9 Å². The van der Waals surface area contributed by atoms with Gasteiger partial charge < -0.3 is 9.73 Å². The van der Waals surface area contributed by atoms with Gasteiger partial charge >= 0.3 is 0 Å². The summed E-state index contributed by atoms with van der Waals surface area (Å²) in [6.07, 6.45) is 3.22. The molecule has 0 bridgehead atoms. The zero-order valence-electron chi connectivity index (χ0n) is 19.3. The van der Waals surface area contributed by atoms with Crippen LogP contribution < -0.4 is 5.32 Å². The van der Waals surface area contributed by atoms with Crippen molar-refractivity contribution in [1.29, 1.82) is 0 Å². The molecule has 0 aliphatic carbocycles. The number of para-hydroxylation sites is 1. The van der Waals surface area contributed by atoms with Crippen LogP contribution in [0.15, 0.2) is 83.3 Å². The van der Waals surface area contributed by atoms with Crippen molar-refractivity contribution in [1.82, 2.24) is 0 Å². The van der Waals surface area contributed by atoms with E-state index in [0.29, 0.717) is 22.2 Å². The minimum atomic E-state index is -0.334. The highest BCUT2D eigenvalue weighted by Crippen LogP contribution is 2.32. The summed E-state index contributed by atoms with van der Waals surface area (Å²) >= 11 is 0. The van der Waals surface area contributed by atoms with Crippen molar-refractivity contribution in [3.05, 3.63) is 107 Å². The zero-order chi connectivity index (χ0) is 23.6. The Bertz CT molecular complexity index is 1330. The summed E-state index contributed by atoms with van der Waals surface area (Å²) < 4.78 is 5.87.